The second kappa shape index (κ2) is 3.22. The van der Waals surface area contributed by atoms with E-state index in [0.717, 1.165) is 6.42 Å². The SMILES string of the molecule is C[Si]1(C)CCCC(C(N)N)O1. The maximum absolute atomic E-state index is 5.82. The number of hydrogen-bond acceptors (Lipinski definition) is 3. The fourth-order valence-electron chi connectivity index (χ4n) is 1.53. The van der Waals surface area contributed by atoms with E-state index >= 15 is 0 Å². The largest absolute Gasteiger partial charge is 0.412 e. The highest BCUT2D eigenvalue weighted by atomic mass is 28.4. The van der Waals surface area contributed by atoms with Crippen molar-refractivity contribution in [2.24, 2.45) is 11.5 Å². The zero-order chi connectivity index (χ0) is 8.48. The quantitative estimate of drug-likeness (QED) is 0.452. The minimum atomic E-state index is -1.38. The molecule has 0 radical (unpaired) electrons. The van der Waals surface area contributed by atoms with E-state index in [9.17, 15) is 0 Å². The molecule has 4 heteroatoms. The van der Waals surface area contributed by atoms with Crippen molar-refractivity contribution in [3.8, 4) is 0 Å². The minimum absolute atomic E-state index is 0.116. The first kappa shape index (κ1) is 9.19. The van der Waals surface area contributed by atoms with Gasteiger partial charge in [0.2, 0.25) is 0 Å². The summed E-state index contributed by atoms with van der Waals surface area (Å²) in [6.45, 7) is 4.45. The topological polar surface area (TPSA) is 61.3 Å². The van der Waals surface area contributed by atoms with E-state index in [2.05, 4.69) is 13.1 Å². The van der Waals surface area contributed by atoms with E-state index in [0.29, 0.717) is 0 Å². The Balaban J connectivity index is 2.46. The van der Waals surface area contributed by atoms with Gasteiger partial charge in [0.15, 0.2) is 8.32 Å². The Labute approximate surface area is 69.2 Å². The summed E-state index contributed by atoms with van der Waals surface area (Å²) in [4.78, 5) is 0. The molecule has 1 rings (SSSR count). The van der Waals surface area contributed by atoms with E-state index in [1.54, 1.807) is 0 Å². The summed E-state index contributed by atoms with van der Waals surface area (Å²) in [6, 6.07) is 1.25. The van der Waals surface area contributed by atoms with Crippen LogP contribution in [0.3, 0.4) is 0 Å². The first-order valence-corrected chi connectivity index (χ1v) is 7.32. The molecule has 0 spiro atoms. The minimum Gasteiger partial charge on any atom is -0.412 e. The van der Waals surface area contributed by atoms with Gasteiger partial charge in [0, 0.05) is 0 Å². The van der Waals surface area contributed by atoms with E-state index < -0.39 is 8.32 Å². The lowest BCUT2D eigenvalue weighted by molar-refractivity contribution is 0.135. The Bertz CT molecular complexity index is 138. The predicted octanol–water partition coefficient (Wildman–Crippen LogP) is 0.614. The molecule has 11 heavy (non-hydrogen) atoms. The molecule has 0 saturated carbocycles. The molecule has 4 N–H and O–H groups in total. The summed E-state index contributed by atoms with van der Waals surface area (Å²) in [6.07, 6.45) is 2.09. The molecule has 1 saturated heterocycles. The van der Waals surface area contributed by atoms with Crippen LogP contribution in [0.1, 0.15) is 12.8 Å². The van der Waals surface area contributed by atoms with Crippen molar-refractivity contribution in [1.82, 2.24) is 0 Å². The molecule has 0 aliphatic carbocycles. The van der Waals surface area contributed by atoms with Crippen LogP contribution in [0.15, 0.2) is 0 Å². The molecule has 66 valence electrons. The monoisotopic (exact) mass is 174 g/mol. The second-order valence-electron chi connectivity index (χ2n) is 3.89. The van der Waals surface area contributed by atoms with Crippen LogP contribution in [0.4, 0.5) is 0 Å². The van der Waals surface area contributed by atoms with E-state index in [-0.39, 0.29) is 12.3 Å². The third kappa shape index (κ3) is 2.55. The van der Waals surface area contributed by atoms with Gasteiger partial charge in [-0.2, -0.15) is 0 Å². The third-order valence-electron chi connectivity index (χ3n) is 2.17. The Morgan fingerprint density at radius 1 is 1.45 bits per heavy atom. The lowest BCUT2D eigenvalue weighted by Crippen LogP contribution is -2.51. The van der Waals surface area contributed by atoms with Crippen LogP contribution in [0, 0.1) is 0 Å². The second-order valence-corrected chi connectivity index (χ2v) is 8.14. The molecule has 0 aromatic carbocycles. The zero-order valence-electron chi connectivity index (χ0n) is 7.34. The highest BCUT2D eigenvalue weighted by Crippen LogP contribution is 2.25. The van der Waals surface area contributed by atoms with Gasteiger partial charge in [0.1, 0.15) is 0 Å². The van der Waals surface area contributed by atoms with Crippen LogP contribution in [0.2, 0.25) is 19.1 Å². The van der Waals surface area contributed by atoms with Crippen molar-refractivity contribution >= 4 is 8.32 Å². The summed E-state index contributed by atoms with van der Waals surface area (Å²) in [5, 5.41) is 0. The molecular weight excluding hydrogens is 156 g/mol. The van der Waals surface area contributed by atoms with Gasteiger partial charge in [-0.3, -0.25) is 0 Å². The summed E-state index contributed by atoms with van der Waals surface area (Å²) >= 11 is 0. The van der Waals surface area contributed by atoms with Crippen LogP contribution in [0.5, 0.6) is 0 Å². The smallest absolute Gasteiger partial charge is 0.187 e. The molecule has 1 aliphatic rings. The average molecular weight is 174 g/mol. The van der Waals surface area contributed by atoms with Gasteiger partial charge in [0.05, 0.1) is 12.3 Å². The van der Waals surface area contributed by atoms with Gasteiger partial charge in [-0.05, 0) is 25.6 Å². The van der Waals surface area contributed by atoms with Gasteiger partial charge < -0.3 is 15.9 Å². The first-order valence-electron chi connectivity index (χ1n) is 4.20. The van der Waals surface area contributed by atoms with Gasteiger partial charge in [0.25, 0.3) is 0 Å². The molecule has 0 aromatic heterocycles. The Hall–Kier alpha value is 0.0969. The lowest BCUT2D eigenvalue weighted by atomic mass is 10.2. The Morgan fingerprint density at radius 3 is 2.45 bits per heavy atom. The molecule has 0 aromatic rings. The van der Waals surface area contributed by atoms with Crippen molar-refractivity contribution in [3.05, 3.63) is 0 Å². The maximum Gasteiger partial charge on any atom is 0.187 e. The summed E-state index contributed by atoms with van der Waals surface area (Å²) < 4.78 is 5.82. The number of rotatable bonds is 1. The van der Waals surface area contributed by atoms with Crippen molar-refractivity contribution < 1.29 is 4.43 Å². The fraction of sp³-hybridized carbons (Fsp3) is 1.00. The molecule has 3 nitrogen and oxygen atoms in total. The highest BCUT2D eigenvalue weighted by Gasteiger charge is 2.32. The van der Waals surface area contributed by atoms with Gasteiger partial charge in [-0.15, -0.1) is 0 Å². The predicted molar refractivity (Wildman–Crippen MR) is 48.6 cm³/mol. The molecule has 1 atom stereocenters. The Morgan fingerprint density at radius 2 is 2.09 bits per heavy atom. The molecule has 1 fully saturated rings. The Kier molecular flexibility index (Phi) is 2.69. The van der Waals surface area contributed by atoms with Crippen molar-refractivity contribution in [2.75, 3.05) is 0 Å². The molecule has 0 bridgehead atoms. The standard InChI is InChI=1S/C7H18N2OSi/c1-11(2)5-3-4-6(10-11)7(8)9/h6-7H,3-5,8-9H2,1-2H3. The third-order valence-corrected chi connectivity index (χ3v) is 4.67. The summed E-state index contributed by atoms with van der Waals surface area (Å²) in [5.41, 5.74) is 11.1. The molecule has 1 heterocycles. The van der Waals surface area contributed by atoms with Gasteiger partial charge in [-0.1, -0.05) is 6.42 Å². The van der Waals surface area contributed by atoms with Crippen molar-refractivity contribution in [3.63, 3.8) is 0 Å². The van der Waals surface area contributed by atoms with E-state index in [1.165, 1.54) is 12.5 Å². The highest BCUT2D eigenvalue weighted by molar-refractivity contribution is 6.71. The number of hydrogen-bond donors (Lipinski definition) is 2. The van der Waals surface area contributed by atoms with Gasteiger partial charge >= 0.3 is 0 Å². The summed E-state index contributed by atoms with van der Waals surface area (Å²) in [5.74, 6) is 0. The van der Waals surface area contributed by atoms with Crippen LogP contribution in [0.25, 0.3) is 0 Å². The van der Waals surface area contributed by atoms with Crippen LogP contribution >= 0.6 is 0 Å². The molecular formula is C7H18N2OSi. The molecule has 0 amide bonds. The zero-order valence-corrected chi connectivity index (χ0v) is 8.34. The molecule has 1 unspecified atom stereocenters. The van der Waals surface area contributed by atoms with Crippen LogP contribution in [-0.4, -0.2) is 20.6 Å². The van der Waals surface area contributed by atoms with Crippen molar-refractivity contribution in [2.45, 2.75) is 44.2 Å². The van der Waals surface area contributed by atoms with E-state index in [1.807, 2.05) is 0 Å². The number of nitrogens with two attached hydrogens (primary N) is 2. The first-order chi connectivity index (χ1) is 5.01. The maximum atomic E-state index is 5.82. The fourth-order valence-corrected chi connectivity index (χ4v) is 3.80. The normalized spacial score (nSPS) is 30.8. The lowest BCUT2D eigenvalue weighted by Gasteiger charge is -2.36. The van der Waals surface area contributed by atoms with Crippen LogP contribution < -0.4 is 11.5 Å². The molecule has 1 aliphatic heterocycles. The average Bonchev–Trinajstić information content (AvgIpc) is 1.85. The van der Waals surface area contributed by atoms with Gasteiger partial charge in [-0.25, -0.2) is 0 Å². The van der Waals surface area contributed by atoms with Crippen LogP contribution in [-0.2, 0) is 4.43 Å². The van der Waals surface area contributed by atoms with E-state index in [4.69, 9.17) is 15.9 Å². The van der Waals surface area contributed by atoms with Crippen molar-refractivity contribution in [1.29, 1.82) is 0 Å². The summed E-state index contributed by atoms with van der Waals surface area (Å²) in [7, 11) is -1.38.